The summed E-state index contributed by atoms with van der Waals surface area (Å²) in [5.41, 5.74) is 3.78. The van der Waals surface area contributed by atoms with Crippen molar-refractivity contribution < 1.29 is 9.53 Å². The number of urea groups is 1. The highest BCUT2D eigenvalue weighted by atomic mass is 16.5. The van der Waals surface area contributed by atoms with Crippen molar-refractivity contribution in [3.05, 3.63) is 54.6 Å². The first-order valence-corrected chi connectivity index (χ1v) is 7.99. The van der Waals surface area contributed by atoms with Crippen LogP contribution in [0.3, 0.4) is 0 Å². The molecule has 0 fully saturated rings. The highest BCUT2D eigenvalue weighted by Gasteiger charge is 2.10. The Balaban J connectivity index is 1.76. The first-order valence-electron chi connectivity index (χ1n) is 7.99. The number of carbonyl (C=O) groups is 1. The molecular weight excluding hydrogens is 302 g/mol. The SMILES string of the molecule is COCCCNC(=O)Nc1ccccc1-c1cc2ccccc2[nH]1. The van der Waals surface area contributed by atoms with Crippen molar-refractivity contribution in [2.75, 3.05) is 25.6 Å². The van der Waals surface area contributed by atoms with E-state index in [1.807, 2.05) is 42.5 Å². The molecule has 3 N–H and O–H groups in total. The maximum absolute atomic E-state index is 12.1. The van der Waals surface area contributed by atoms with E-state index >= 15 is 0 Å². The highest BCUT2D eigenvalue weighted by molar-refractivity contribution is 5.96. The molecule has 5 heteroatoms. The number of hydrogen-bond donors (Lipinski definition) is 3. The highest BCUT2D eigenvalue weighted by Crippen LogP contribution is 2.29. The van der Waals surface area contributed by atoms with Crippen molar-refractivity contribution in [2.45, 2.75) is 6.42 Å². The molecule has 2 aromatic carbocycles. The molecular formula is C19H21N3O2. The average Bonchev–Trinajstić information content (AvgIpc) is 3.03. The van der Waals surface area contributed by atoms with Crippen LogP contribution in [0.1, 0.15) is 6.42 Å². The third-order valence-electron chi connectivity index (χ3n) is 3.81. The van der Waals surface area contributed by atoms with Gasteiger partial charge in [-0.05, 0) is 24.6 Å². The molecule has 124 valence electrons. The summed E-state index contributed by atoms with van der Waals surface area (Å²) in [6.07, 6.45) is 0.785. The number of hydrogen-bond acceptors (Lipinski definition) is 2. The number of aromatic amines is 1. The lowest BCUT2D eigenvalue weighted by Gasteiger charge is -2.11. The summed E-state index contributed by atoms with van der Waals surface area (Å²) in [6.45, 7) is 1.21. The summed E-state index contributed by atoms with van der Waals surface area (Å²) < 4.78 is 4.97. The summed E-state index contributed by atoms with van der Waals surface area (Å²) in [4.78, 5) is 15.5. The summed E-state index contributed by atoms with van der Waals surface area (Å²) in [5, 5.41) is 6.90. The van der Waals surface area contributed by atoms with Crippen LogP contribution in [0, 0.1) is 0 Å². The predicted molar refractivity (Wildman–Crippen MR) is 97.2 cm³/mol. The van der Waals surface area contributed by atoms with Crippen LogP contribution < -0.4 is 10.6 Å². The fourth-order valence-electron chi connectivity index (χ4n) is 2.63. The lowest BCUT2D eigenvalue weighted by atomic mass is 10.1. The number of aromatic nitrogens is 1. The van der Waals surface area contributed by atoms with Gasteiger partial charge in [-0.2, -0.15) is 0 Å². The number of anilines is 1. The normalized spacial score (nSPS) is 10.7. The number of ether oxygens (including phenoxy) is 1. The van der Waals surface area contributed by atoms with E-state index in [1.54, 1.807) is 7.11 Å². The number of para-hydroxylation sites is 2. The van der Waals surface area contributed by atoms with Gasteiger partial charge in [0.1, 0.15) is 0 Å². The minimum atomic E-state index is -0.213. The van der Waals surface area contributed by atoms with Gasteiger partial charge in [0.25, 0.3) is 0 Å². The number of benzene rings is 2. The van der Waals surface area contributed by atoms with Crippen molar-refractivity contribution in [3.63, 3.8) is 0 Å². The smallest absolute Gasteiger partial charge is 0.319 e. The van der Waals surface area contributed by atoms with Crippen LogP contribution in [0.2, 0.25) is 0 Å². The summed E-state index contributed by atoms with van der Waals surface area (Å²) in [7, 11) is 1.65. The van der Waals surface area contributed by atoms with E-state index in [0.717, 1.165) is 34.3 Å². The molecule has 0 aliphatic heterocycles. The second-order valence-electron chi connectivity index (χ2n) is 5.54. The molecule has 0 saturated carbocycles. The van der Waals surface area contributed by atoms with E-state index in [0.29, 0.717) is 13.2 Å². The number of amides is 2. The Morgan fingerprint density at radius 3 is 2.75 bits per heavy atom. The maximum Gasteiger partial charge on any atom is 0.319 e. The number of H-pyrrole nitrogens is 1. The van der Waals surface area contributed by atoms with Gasteiger partial charge in [0.2, 0.25) is 0 Å². The zero-order valence-electron chi connectivity index (χ0n) is 13.6. The van der Waals surface area contributed by atoms with Crippen LogP contribution in [0.5, 0.6) is 0 Å². The minimum absolute atomic E-state index is 0.213. The lowest BCUT2D eigenvalue weighted by Crippen LogP contribution is -2.30. The standard InChI is InChI=1S/C19H21N3O2/c1-24-12-6-11-20-19(23)22-17-10-5-3-8-15(17)18-13-14-7-2-4-9-16(14)21-18/h2-5,7-10,13,21H,6,11-12H2,1H3,(H2,20,22,23). The number of nitrogens with one attached hydrogen (secondary N) is 3. The van der Waals surface area contributed by atoms with Crippen molar-refractivity contribution in [1.29, 1.82) is 0 Å². The predicted octanol–water partition coefficient (Wildman–Crippen LogP) is 3.99. The second kappa shape index (κ2) is 7.66. The van der Waals surface area contributed by atoms with Crippen LogP contribution in [0.25, 0.3) is 22.2 Å². The van der Waals surface area contributed by atoms with E-state index in [9.17, 15) is 4.79 Å². The largest absolute Gasteiger partial charge is 0.385 e. The molecule has 0 aliphatic rings. The number of carbonyl (C=O) groups excluding carboxylic acids is 1. The van der Waals surface area contributed by atoms with Crippen molar-refractivity contribution in [1.82, 2.24) is 10.3 Å². The minimum Gasteiger partial charge on any atom is -0.385 e. The molecule has 0 aliphatic carbocycles. The van der Waals surface area contributed by atoms with E-state index in [2.05, 4.69) is 27.8 Å². The maximum atomic E-state index is 12.1. The van der Waals surface area contributed by atoms with Crippen molar-refractivity contribution >= 4 is 22.6 Å². The number of methoxy groups -OCH3 is 1. The average molecular weight is 323 g/mol. The molecule has 5 nitrogen and oxygen atoms in total. The Morgan fingerprint density at radius 2 is 1.92 bits per heavy atom. The van der Waals surface area contributed by atoms with E-state index in [4.69, 9.17) is 4.74 Å². The van der Waals surface area contributed by atoms with Gasteiger partial charge < -0.3 is 20.4 Å². The van der Waals surface area contributed by atoms with Crippen LogP contribution in [-0.4, -0.2) is 31.3 Å². The Bertz CT molecular complexity index is 793. The fourth-order valence-corrected chi connectivity index (χ4v) is 2.63. The molecule has 0 bridgehead atoms. The van der Waals surface area contributed by atoms with Gasteiger partial charge in [0.15, 0.2) is 0 Å². The van der Waals surface area contributed by atoms with Gasteiger partial charge in [-0.3, -0.25) is 0 Å². The molecule has 0 saturated heterocycles. The summed E-state index contributed by atoms with van der Waals surface area (Å²) in [6, 6.07) is 17.8. The van der Waals surface area contributed by atoms with Crippen LogP contribution in [-0.2, 0) is 4.74 Å². The van der Waals surface area contributed by atoms with Gasteiger partial charge in [-0.25, -0.2) is 4.79 Å². The van der Waals surface area contributed by atoms with E-state index in [-0.39, 0.29) is 6.03 Å². The van der Waals surface area contributed by atoms with Crippen LogP contribution in [0.15, 0.2) is 54.6 Å². The number of rotatable bonds is 6. The van der Waals surface area contributed by atoms with E-state index in [1.165, 1.54) is 0 Å². The topological polar surface area (TPSA) is 66.2 Å². The van der Waals surface area contributed by atoms with Crippen LogP contribution in [0.4, 0.5) is 10.5 Å². The zero-order valence-corrected chi connectivity index (χ0v) is 13.6. The summed E-state index contributed by atoms with van der Waals surface area (Å²) >= 11 is 0. The molecule has 0 radical (unpaired) electrons. The summed E-state index contributed by atoms with van der Waals surface area (Å²) in [5.74, 6) is 0. The molecule has 2 amide bonds. The zero-order chi connectivity index (χ0) is 16.8. The van der Waals surface area contributed by atoms with Crippen molar-refractivity contribution in [3.8, 4) is 11.3 Å². The molecule has 3 aromatic rings. The van der Waals surface area contributed by atoms with Gasteiger partial charge in [-0.1, -0.05) is 36.4 Å². The molecule has 0 atom stereocenters. The fraction of sp³-hybridized carbons (Fsp3) is 0.211. The number of fused-ring (bicyclic) bond motifs is 1. The lowest BCUT2D eigenvalue weighted by molar-refractivity contribution is 0.194. The quantitative estimate of drug-likeness (QED) is 0.600. The first kappa shape index (κ1) is 16.1. The molecule has 3 rings (SSSR count). The molecule has 1 heterocycles. The Hall–Kier alpha value is -2.79. The van der Waals surface area contributed by atoms with E-state index < -0.39 is 0 Å². The van der Waals surface area contributed by atoms with Gasteiger partial charge >= 0.3 is 6.03 Å². The Kier molecular flexibility index (Phi) is 5.13. The molecule has 24 heavy (non-hydrogen) atoms. The monoisotopic (exact) mass is 323 g/mol. The second-order valence-corrected chi connectivity index (χ2v) is 5.54. The van der Waals surface area contributed by atoms with Crippen LogP contribution >= 0.6 is 0 Å². The molecule has 1 aromatic heterocycles. The first-order chi connectivity index (χ1) is 11.8. The van der Waals surface area contributed by atoms with Gasteiger partial charge in [0.05, 0.1) is 5.69 Å². The van der Waals surface area contributed by atoms with Crippen molar-refractivity contribution in [2.24, 2.45) is 0 Å². The third-order valence-corrected chi connectivity index (χ3v) is 3.81. The Labute approximate surface area is 141 Å². The Morgan fingerprint density at radius 1 is 1.12 bits per heavy atom. The van der Waals surface area contributed by atoms with Gasteiger partial charge in [0, 0.05) is 42.4 Å². The molecule has 0 spiro atoms. The molecule has 0 unspecified atom stereocenters. The van der Waals surface area contributed by atoms with Gasteiger partial charge in [-0.15, -0.1) is 0 Å². The third kappa shape index (κ3) is 3.75.